The Morgan fingerprint density at radius 2 is 1.82 bits per heavy atom. The summed E-state index contributed by atoms with van der Waals surface area (Å²) < 4.78 is 28.9. The highest BCUT2D eigenvalue weighted by Crippen LogP contribution is 2.37. The van der Waals surface area contributed by atoms with Gasteiger partial charge in [-0.2, -0.15) is 4.31 Å². The lowest BCUT2D eigenvalue weighted by molar-refractivity contribution is -0.123. The lowest BCUT2D eigenvalue weighted by Crippen LogP contribution is -2.44. The number of carbonyl (C=O) groups is 2. The number of rotatable bonds is 6. The topological polar surface area (TPSA) is 78.0 Å². The van der Waals surface area contributed by atoms with E-state index in [0.717, 1.165) is 11.3 Å². The zero-order valence-corrected chi connectivity index (χ0v) is 21.5. The van der Waals surface area contributed by atoms with Crippen molar-refractivity contribution in [3.05, 3.63) is 65.2 Å². The molecule has 0 spiro atoms. The number of halogens is 1. The number of piperidine rings is 1. The quantitative estimate of drug-likeness (QED) is 0.514. The zero-order chi connectivity index (χ0) is 24.5. The molecule has 0 unspecified atom stereocenters. The molecule has 2 aliphatic rings. The van der Waals surface area contributed by atoms with Crippen LogP contribution in [0.15, 0.2) is 64.5 Å². The van der Waals surface area contributed by atoms with E-state index in [0.29, 0.717) is 42.5 Å². The van der Waals surface area contributed by atoms with E-state index in [9.17, 15) is 18.0 Å². The number of sulfonamides is 1. The Labute approximate surface area is 209 Å². The maximum absolute atomic E-state index is 13.5. The van der Waals surface area contributed by atoms with Crippen molar-refractivity contribution < 1.29 is 18.0 Å². The molecule has 4 rings (SSSR count). The summed E-state index contributed by atoms with van der Waals surface area (Å²) in [5.74, 6) is -0.381. The number of nitrogens with zero attached hydrogens (tertiary/aromatic N) is 3. The summed E-state index contributed by atoms with van der Waals surface area (Å²) in [6.45, 7) is 6.72. The van der Waals surface area contributed by atoms with E-state index in [1.807, 2.05) is 30.3 Å². The van der Waals surface area contributed by atoms with Gasteiger partial charge in [-0.05, 0) is 65.0 Å². The van der Waals surface area contributed by atoms with Crippen LogP contribution >= 0.6 is 15.9 Å². The molecule has 180 valence electrons. The normalized spacial score (nSPS) is 16.8. The molecule has 0 radical (unpaired) electrons. The SMILES string of the molecule is C=CCN(C(=O)C1CCN(S(=O)(=O)c2cc3c(cc2Br)CCN3C(C)=O)CC1)c1ccccc1. The average molecular weight is 546 g/mol. The third-order valence-corrected chi connectivity index (χ3v) is 9.33. The fourth-order valence-electron chi connectivity index (χ4n) is 4.68. The van der Waals surface area contributed by atoms with Gasteiger partial charge in [-0.15, -0.1) is 6.58 Å². The molecule has 0 aromatic heterocycles. The van der Waals surface area contributed by atoms with Gasteiger partial charge in [0.05, 0.1) is 4.90 Å². The van der Waals surface area contributed by atoms with Crippen molar-refractivity contribution in [1.29, 1.82) is 0 Å². The average Bonchev–Trinajstić information content (AvgIpc) is 3.25. The van der Waals surface area contributed by atoms with Gasteiger partial charge in [-0.3, -0.25) is 9.59 Å². The first-order valence-electron chi connectivity index (χ1n) is 11.3. The smallest absolute Gasteiger partial charge is 0.244 e. The molecule has 1 saturated heterocycles. The number of fused-ring (bicyclic) bond motifs is 1. The van der Waals surface area contributed by atoms with Crippen molar-refractivity contribution in [2.75, 3.05) is 36.0 Å². The summed E-state index contributed by atoms with van der Waals surface area (Å²) in [7, 11) is -3.79. The molecule has 2 amide bonds. The number of hydrogen-bond acceptors (Lipinski definition) is 4. The van der Waals surface area contributed by atoms with Crippen molar-refractivity contribution in [3.63, 3.8) is 0 Å². The van der Waals surface area contributed by atoms with E-state index in [1.54, 1.807) is 28.0 Å². The Hall–Kier alpha value is -2.49. The molecule has 0 saturated carbocycles. The van der Waals surface area contributed by atoms with Crippen LogP contribution in [0.25, 0.3) is 0 Å². The van der Waals surface area contributed by atoms with Crippen molar-refractivity contribution in [2.24, 2.45) is 5.92 Å². The Morgan fingerprint density at radius 3 is 2.44 bits per heavy atom. The minimum absolute atomic E-state index is 0.0149. The standard InChI is InChI=1S/C25H28BrN3O4S/c1-3-12-29(21-7-5-4-6-8-21)25(31)19-9-13-27(14-10-19)34(32,33)24-17-23-20(16-22(24)26)11-15-28(23)18(2)30/h3-8,16-17,19H,1,9-15H2,2H3. The first-order chi connectivity index (χ1) is 16.2. The Bertz CT molecular complexity index is 1210. The fraction of sp³-hybridized carbons (Fsp3) is 0.360. The minimum atomic E-state index is -3.79. The summed E-state index contributed by atoms with van der Waals surface area (Å²) >= 11 is 3.43. The molecule has 34 heavy (non-hydrogen) atoms. The maximum atomic E-state index is 13.5. The lowest BCUT2D eigenvalue weighted by Gasteiger charge is -2.33. The molecule has 0 bridgehead atoms. The number of carbonyl (C=O) groups excluding carboxylic acids is 2. The minimum Gasteiger partial charge on any atom is -0.312 e. The number of amides is 2. The van der Waals surface area contributed by atoms with Gasteiger partial charge < -0.3 is 9.80 Å². The van der Waals surface area contributed by atoms with Crippen LogP contribution in [-0.2, 0) is 26.0 Å². The van der Waals surface area contributed by atoms with E-state index in [1.165, 1.54) is 11.2 Å². The highest BCUT2D eigenvalue weighted by atomic mass is 79.9. The summed E-state index contributed by atoms with van der Waals surface area (Å²) in [5, 5.41) is 0. The van der Waals surface area contributed by atoms with Crippen LogP contribution in [0, 0.1) is 5.92 Å². The summed E-state index contributed by atoms with van der Waals surface area (Å²) in [6.07, 6.45) is 3.28. The van der Waals surface area contributed by atoms with Crippen molar-refractivity contribution >= 4 is 49.1 Å². The van der Waals surface area contributed by atoms with E-state index in [4.69, 9.17) is 0 Å². The van der Waals surface area contributed by atoms with Gasteiger partial charge in [-0.1, -0.05) is 24.3 Å². The first kappa shape index (κ1) is 24.6. The lowest BCUT2D eigenvalue weighted by atomic mass is 9.96. The van der Waals surface area contributed by atoms with Crippen LogP contribution in [0.4, 0.5) is 11.4 Å². The van der Waals surface area contributed by atoms with Crippen molar-refractivity contribution in [1.82, 2.24) is 4.31 Å². The first-order valence-corrected chi connectivity index (χ1v) is 13.6. The van der Waals surface area contributed by atoms with Crippen LogP contribution in [0.2, 0.25) is 0 Å². The largest absolute Gasteiger partial charge is 0.312 e. The molecule has 7 nitrogen and oxygen atoms in total. The monoisotopic (exact) mass is 545 g/mol. The summed E-state index contributed by atoms with van der Waals surface area (Å²) in [6, 6.07) is 12.8. The van der Waals surface area contributed by atoms with Gasteiger partial charge in [0, 0.05) is 54.9 Å². The number of anilines is 2. The van der Waals surface area contributed by atoms with Crippen molar-refractivity contribution in [3.8, 4) is 0 Å². The van der Waals surface area contributed by atoms with E-state index < -0.39 is 10.0 Å². The molecule has 2 aromatic carbocycles. The van der Waals surface area contributed by atoms with Crippen LogP contribution in [0.5, 0.6) is 0 Å². The number of hydrogen-bond donors (Lipinski definition) is 0. The highest BCUT2D eigenvalue weighted by molar-refractivity contribution is 9.10. The zero-order valence-electron chi connectivity index (χ0n) is 19.1. The Balaban J connectivity index is 1.51. The van der Waals surface area contributed by atoms with Gasteiger partial charge in [0.2, 0.25) is 21.8 Å². The van der Waals surface area contributed by atoms with Gasteiger partial charge in [0.1, 0.15) is 0 Å². The molecule has 2 aromatic rings. The van der Waals surface area contributed by atoms with E-state index in [-0.39, 0.29) is 35.7 Å². The van der Waals surface area contributed by atoms with E-state index >= 15 is 0 Å². The Kier molecular flexibility index (Phi) is 7.25. The molecule has 2 heterocycles. The second kappa shape index (κ2) is 10.0. The van der Waals surface area contributed by atoms with Crippen LogP contribution in [0.1, 0.15) is 25.3 Å². The molecular formula is C25H28BrN3O4S. The van der Waals surface area contributed by atoms with Crippen LogP contribution in [0.3, 0.4) is 0 Å². The van der Waals surface area contributed by atoms with Gasteiger partial charge in [0.15, 0.2) is 0 Å². The molecule has 1 fully saturated rings. The van der Waals surface area contributed by atoms with Gasteiger partial charge in [-0.25, -0.2) is 8.42 Å². The van der Waals surface area contributed by atoms with Crippen LogP contribution < -0.4 is 9.80 Å². The molecule has 0 N–H and O–H groups in total. The second-order valence-corrected chi connectivity index (χ2v) is 11.3. The van der Waals surface area contributed by atoms with E-state index in [2.05, 4.69) is 22.5 Å². The molecule has 0 aliphatic carbocycles. The predicted octanol–water partition coefficient (Wildman–Crippen LogP) is 3.98. The molecule has 2 aliphatic heterocycles. The molecular weight excluding hydrogens is 518 g/mol. The van der Waals surface area contributed by atoms with Gasteiger partial charge >= 0.3 is 0 Å². The van der Waals surface area contributed by atoms with Crippen LogP contribution in [-0.4, -0.2) is 50.7 Å². The fourth-order valence-corrected chi connectivity index (χ4v) is 7.22. The third-order valence-electron chi connectivity index (χ3n) is 6.48. The van der Waals surface area contributed by atoms with Gasteiger partial charge in [0.25, 0.3) is 0 Å². The highest BCUT2D eigenvalue weighted by Gasteiger charge is 2.36. The number of para-hydroxylation sites is 1. The predicted molar refractivity (Wildman–Crippen MR) is 136 cm³/mol. The summed E-state index contributed by atoms with van der Waals surface area (Å²) in [4.78, 5) is 28.7. The molecule has 0 atom stereocenters. The van der Waals surface area contributed by atoms with Crippen molar-refractivity contribution in [2.45, 2.75) is 31.1 Å². The third kappa shape index (κ3) is 4.69. The Morgan fingerprint density at radius 1 is 1.15 bits per heavy atom. The second-order valence-electron chi connectivity index (χ2n) is 8.58. The summed E-state index contributed by atoms with van der Waals surface area (Å²) in [5.41, 5.74) is 2.41. The molecule has 9 heteroatoms. The number of benzene rings is 2. The maximum Gasteiger partial charge on any atom is 0.244 e.